The minimum atomic E-state index is -0.432. The second kappa shape index (κ2) is 9.58. The molecule has 5 rings (SSSR count). The van der Waals surface area contributed by atoms with Gasteiger partial charge in [-0.15, -0.1) is 0 Å². The van der Waals surface area contributed by atoms with E-state index in [1.54, 1.807) is 6.20 Å². The molecule has 2 amide bonds. The first-order chi connectivity index (χ1) is 16.2. The molecule has 2 N–H and O–H groups in total. The molecule has 1 aliphatic heterocycles. The van der Waals surface area contributed by atoms with Crippen LogP contribution in [0.5, 0.6) is 0 Å². The van der Waals surface area contributed by atoms with Crippen molar-refractivity contribution < 1.29 is 9.59 Å². The molecule has 0 saturated carbocycles. The van der Waals surface area contributed by atoms with Crippen molar-refractivity contribution in [2.24, 2.45) is 0 Å². The lowest BCUT2D eigenvalue weighted by molar-refractivity contribution is -0.135. The summed E-state index contributed by atoms with van der Waals surface area (Å²) in [4.78, 5) is 27.7. The van der Waals surface area contributed by atoms with Crippen molar-refractivity contribution in [3.05, 3.63) is 89.2 Å². The average Bonchev–Trinajstić information content (AvgIpc) is 3.46. The van der Waals surface area contributed by atoms with Crippen LogP contribution in [0.2, 0.25) is 0 Å². The summed E-state index contributed by atoms with van der Waals surface area (Å²) < 4.78 is 1.87. The van der Waals surface area contributed by atoms with Crippen LogP contribution in [0.3, 0.4) is 0 Å². The minimum Gasteiger partial charge on any atom is -0.353 e. The van der Waals surface area contributed by atoms with Gasteiger partial charge in [0.1, 0.15) is 0 Å². The van der Waals surface area contributed by atoms with Gasteiger partial charge in [-0.05, 0) is 29.5 Å². The highest BCUT2D eigenvalue weighted by atomic mass is 16.2. The second-order valence-electron chi connectivity index (χ2n) is 8.89. The zero-order chi connectivity index (χ0) is 22.6. The summed E-state index contributed by atoms with van der Waals surface area (Å²) in [5.41, 5.74) is 4.82. The molecule has 0 spiro atoms. The molecular formula is C26H29N5O2. The van der Waals surface area contributed by atoms with E-state index in [0.29, 0.717) is 19.6 Å². The molecule has 1 fully saturated rings. The number of hydrogen-bond acceptors (Lipinski definition) is 4. The normalized spacial score (nSPS) is 18.7. The van der Waals surface area contributed by atoms with E-state index in [2.05, 4.69) is 57.0 Å². The first-order valence-corrected chi connectivity index (χ1v) is 11.6. The maximum absolute atomic E-state index is 12.8. The Hall–Kier alpha value is -3.45. The number of amides is 2. The number of carbonyl (C=O) groups is 2. The Morgan fingerprint density at radius 2 is 1.76 bits per heavy atom. The fraction of sp³-hybridized carbons (Fsp3) is 0.346. The van der Waals surface area contributed by atoms with E-state index < -0.39 is 6.04 Å². The lowest BCUT2D eigenvalue weighted by Crippen LogP contribution is -2.59. The first-order valence-electron chi connectivity index (χ1n) is 11.6. The number of rotatable bonds is 7. The van der Waals surface area contributed by atoms with Crippen molar-refractivity contribution in [2.75, 3.05) is 13.1 Å². The van der Waals surface area contributed by atoms with Gasteiger partial charge < -0.3 is 10.6 Å². The van der Waals surface area contributed by atoms with Gasteiger partial charge in [0.15, 0.2) is 0 Å². The molecule has 1 atom stereocenters. The Labute approximate surface area is 193 Å². The number of aromatic nitrogens is 2. The van der Waals surface area contributed by atoms with Crippen LogP contribution >= 0.6 is 0 Å². The van der Waals surface area contributed by atoms with Crippen LogP contribution < -0.4 is 10.6 Å². The zero-order valence-corrected chi connectivity index (χ0v) is 18.6. The van der Waals surface area contributed by atoms with Crippen LogP contribution in [-0.2, 0) is 35.5 Å². The SMILES string of the molecule is O=C(CC1C(=O)NCCN1C1Cc2ccccc2C1)NCc1cnn(Cc2ccccc2)c1. The minimum absolute atomic E-state index is 0.0527. The monoisotopic (exact) mass is 443 g/mol. The van der Waals surface area contributed by atoms with Crippen molar-refractivity contribution in [1.82, 2.24) is 25.3 Å². The van der Waals surface area contributed by atoms with E-state index in [0.717, 1.165) is 24.9 Å². The molecule has 1 aromatic heterocycles. The summed E-state index contributed by atoms with van der Waals surface area (Å²) in [6, 6.07) is 18.4. The number of carbonyl (C=O) groups excluding carboxylic acids is 2. The summed E-state index contributed by atoms with van der Waals surface area (Å²) >= 11 is 0. The maximum atomic E-state index is 12.8. The van der Waals surface area contributed by atoms with Crippen LogP contribution in [0.4, 0.5) is 0 Å². The highest BCUT2D eigenvalue weighted by Gasteiger charge is 2.38. The van der Waals surface area contributed by atoms with Gasteiger partial charge in [0.25, 0.3) is 0 Å². The summed E-state index contributed by atoms with van der Waals surface area (Å²) in [7, 11) is 0. The Kier molecular flexibility index (Phi) is 6.21. The molecule has 2 heterocycles. The van der Waals surface area contributed by atoms with E-state index in [4.69, 9.17) is 0 Å². The van der Waals surface area contributed by atoms with Gasteiger partial charge >= 0.3 is 0 Å². The Bertz CT molecular complexity index is 1100. The fourth-order valence-corrected chi connectivity index (χ4v) is 4.95. The molecule has 1 aliphatic carbocycles. The summed E-state index contributed by atoms with van der Waals surface area (Å²) in [6.45, 7) is 2.49. The maximum Gasteiger partial charge on any atom is 0.237 e. The smallest absolute Gasteiger partial charge is 0.237 e. The van der Waals surface area contributed by atoms with Crippen molar-refractivity contribution in [3.8, 4) is 0 Å². The van der Waals surface area contributed by atoms with Gasteiger partial charge in [0.05, 0.1) is 25.2 Å². The van der Waals surface area contributed by atoms with Crippen molar-refractivity contribution in [1.29, 1.82) is 0 Å². The van der Waals surface area contributed by atoms with E-state index in [1.807, 2.05) is 29.1 Å². The average molecular weight is 444 g/mol. The van der Waals surface area contributed by atoms with Crippen molar-refractivity contribution >= 4 is 11.8 Å². The van der Waals surface area contributed by atoms with Crippen LogP contribution in [-0.4, -0.2) is 51.7 Å². The van der Waals surface area contributed by atoms with Crippen LogP contribution in [0.25, 0.3) is 0 Å². The number of fused-ring (bicyclic) bond motifs is 1. The van der Waals surface area contributed by atoms with Crippen LogP contribution in [0.15, 0.2) is 67.0 Å². The molecule has 2 aliphatic rings. The molecule has 7 nitrogen and oxygen atoms in total. The quantitative estimate of drug-likeness (QED) is 0.585. The fourth-order valence-electron chi connectivity index (χ4n) is 4.95. The molecular weight excluding hydrogens is 414 g/mol. The van der Waals surface area contributed by atoms with Gasteiger partial charge in [-0.3, -0.25) is 19.2 Å². The van der Waals surface area contributed by atoms with E-state index in [9.17, 15) is 9.59 Å². The first kappa shape index (κ1) is 21.4. The molecule has 2 aromatic carbocycles. The second-order valence-corrected chi connectivity index (χ2v) is 8.89. The van der Waals surface area contributed by atoms with Gasteiger partial charge in [-0.25, -0.2) is 0 Å². The van der Waals surface area contributed by atoms with Crippen LogP contribution in [0.1, 0.15) is 28.7 Å². The van der Waals surface area contributed by atoms with Gasteiger partial charge in [0.2, 0.25) is 11.8 Å². The molecule has 3 aromatic rings. The van der Waals surface area contributed by atoms with Gasteiger partial charge in [-0.2, -0.15) is 5.10 Å². The van der Waals surface area contributed by atoms with Crippen LogP contribution in [0, 0.1) is 0 Å². The number of nitrogens with one attached hydrogen (secondary N) is 2. The number of benzene rings is 2. The number of hydrogen-bond donors (Lipinski definition) is 2. The summed E-state index contributed by atoms with van der Waals surface area (Å²) in [5.74, 6) is -0.170. The van der Waals surface area contributed by atoms with Gasteiger partial charge in [0, 0.05) is 37.4 Å². The molecule has 170 valence electrons. The number of nitrogens with zero attached hydrogens (tertiary/aromatic N) is 3. The third-order valence-electron chi connectivity index (χ3n) is 6.61. The zero-order valence-electron chi connectivity index (χ0n) is 18.6. The lowest BCUT2D eigenvalue weighted by atomic mass is 10.0. The highest BCUT2D eigenvalue weighted by Crippen LogP contribution is 2.28. The largest absolute Gasteiger partial charge is 0.353 e. The third-order valence-corrected chi connectivity index (χ3v) is 6.61. The topological polar surface area (TPSA) is 79.3 Å². The molecule has 1 saturated heterocycles. The predicted molar refractivity (Wildman–Crippen MR) is 125 cm³/mol. The molecule has 7 heteroatoms. The Morgan fingerprint density at radius 3 is 2.52 bits per heavy atom. The summed E-state index contributed by atoms with van der Waals surface area (Å²) in [6.07, 6.45) is 5.75. The van der Waals surface area contributed by atoms with E-state index in [-0.39, 0.29) is 24.3 Å². The standard InChI is InChI=1S/C26H29N5O2/c32-25(28-15-20-16-29-30(18-20)17-19-6-2-1-3-7-19)14-24-26(33)27-10-11-31(24)23-12-21-8-4-5-9-22(21)13-23/h1-9,16,18,23-24H,10-15,17H2,(H,27,33)(H,28,32). The third kappa shape index (κ3) is 4.98. The highest BCUT2D eigenvalue weighted by molar-refractivity contribution is 5.88. The van der Waals surface area contributed by atoms with Crippen molar-refractivity contribution in [2.45, 2.75) is 44.4 Å². The number of piperazine rings is 1. The molecule has 0 bridgehead atoms. The predicted octanol–water partition coefficient (Wildman–Crippen LogP) is 1.91. The van der Waals surface area contributed by atoms with E-state index in [1.165, 1.54) is 16.7 Å². The van der Waals surface area contributed by atoms with E-state index >= 15 is 0 Å². The van der Waals surface area contributed by atoms with Gasteiger partial charge in [-0.1, -0.05) is 54.6 Å². The molecule has 1 unspecified atom stereocenters. The van der Waals surface area contributed by atoms with Crippen molar-refractivity contribution in [3.63, 3.8) is 0 Å². The Balaban J connectivity index is 1.17. The Morgan fingerprint density at radius 1 is 1.03 bits per heavy atom. The lowest BCUT2D eigenvalue weighted by Gasteiger charge is -2.38. The summed E-state index contributed by atoms with van der Waals surface area (Å²) in [5, 5.41) is 10.3. The molecule has 0 radical (unpaired) electrons. The molecule has 33 heavy (non-hydrogen) atoms.